The van der Waals surface area contributed by atoms with E-state index in [1.807, 2.05) is 72.8 Å². The molecule has 0 unspecified atom stereocenters. The Labute approximate surface area is 199 Å². The summed E-state index contributed by atoms with van der Waals surface area (Å²) in [7, 11) is 0. The van der Waals surface area contributed by atoms with Gasteiger partial charge in [0.15, 0.2) is 5.11 Å². The summed E-state index contributed by atoms with van der Waals surface area (Å²) in [6.07, 6.45) is 1.65. The Balaban J connectivity index is 1.52. The minimum Gasteiger partial charge on any atom is -0.375 e. The quantitative estimate of drug-likeness (QED) is 0.178. The molecule has 4 rings (SSSR count). The number of hydrogen-bond acceptors (Lipinski definition) is 3. The molecule has 4 aromatic carbocycles. The van der Waals surface area contributed by atoms with E-state index < -0.39 is 0 Å². The maximum atomic E-state index is 5.35. The first-order valence-electron chi connectivity index (χ1n) is 10.4. The number of anilines is 3. The molecule has 0 aliphatic rings. The van der Waals surface area contributed by atoms with E-state index in [1.54, 1.807) is 6.21 Å². The lowest BCUT2D eigenvalue weighted by Crippen LogP contribution is -2.23. The van der Waals surface area contributed by atoms with Gasteiger partial charge in [-0.2, -0.15) is 5.10 Å². The Bertz CT molecular complexity index is 1250. The van der Waals surface area contributed by atoms with Crippen molar-refractivity contribution in [2.45, 2.75) is 0 Å². The fraction of sp³-hybridized carbons (Fsp3) is 0. The largest absolute Gasteiger partial charge is 0.375 e. The third kappa shape index (κ3) is 6.07. The van der Waals surface area contributed by atoms with Crippen molar-refractivity contribution >= 4 is 40.6 Å². The average Bonchev–Trinajstić information content (AvgIpc) is 2.86. The standard InChI is InChI=1S/C28H22N4S/c29-28(33)31-30-21-24-15-13-22(14-16-24)11-12-23-17-19-27(20-18-23)32(25-7-3-1-4-8-25)26-9-5-2-6-10-26/h1-10,13-21H,(H3,29,31,33)/b30-21+. The van der Waals surface area contributed by atoms with Gasteiger partial charge in [-0.25, -0.2) is 0 Å². The van der Waals surface area contributed by atoms with Crippen molar-refractivity contribution in [3.8, 4) is 11.8 Å². The molecule has 0 fully saturated rings. The Kier molecular flexibility index (Phi) is 7.11. The molecule has 0 heterocycles. The van der Waals surface area contributed by atoms with Crippen LogP contribution in [0.5, 0.6) is 0 Å². The predicted molar refractivity (Wildman–Crippen MR) is 141 cm³/mol. The van der Waals surface area contributed by atoms with Gasteiger partial charge in [0.1, 0.15) is 0 Å². The highest BCUT2D eigenvalue weighted by molar-refractivity contribution is 7.80. The van der Waals surface area contributed by atoms with Crippen molar-refractivity contribution in [2.24, 2.45) is 10.8 Å². The van der Waals surface area contributed by atoms with E-state index in [0.717, 1.165) is 33.8 Å². The van der Waals surface area contributed by atoms with E-state index in [9.17, 15) is 0 Å². The lowest BCUT2D eigenvalue weighted by atomic mass is 10.1. The van der Waals surface area contributed by atoms with Gasteiger partial charge in [-0.15, -0.1) is 0 Å². The van der Waals surface area contributed by atoms with Crippen molar-refractivity contribution < 1.29 is 0 Å². The van der Waals surface area contributed by atoms with Crippen LogP contribution in [0.3, 0.4) is 0 Å². The van der Waals surface area contributed by atoms with E-state index in [0.29, 0.717) is 0 Å². The van der Waals surface area contributed by atoms with Crippen LogP contribution in [0.2, 0.25) is 0 Å². The van der Waals surface area contributed by atoms with Crippen LogP contribution in [0.1, 0.15) is 16.7 Å². The second-order valence-corrected chi connectivity index (χ2v) is 7.60. The number of hydrazone groups is 1. The zero-order valence-electron chi connectivity index (χ0n) is 17.8. The highest BCUT2D eigenvalue weighted by Crippen LogP contribution is 2.33. The fourth-order valence-electron chi connectivity index (χ4n) is 3.26. The van der Waals surface area contributed by atoms with Gasteiger partial charge in [-0.3, -0.25) is 5.43 Å². The van der Waals surface area contributed by atoms with Crippen molar-refractivity contribution in [2.75, 3.05) is 4.90 Å². The van der Waals surface area contributed by atoms with Gasteiger partial charge in [0.05, 0.1) is 6.21 Å². The molecule has 0 aliphatic carbocycles. The highest BCUT2D eigenvalue weighted by Gasteiger charge is 2.11. The fourth-order valence-corrected chi connectivity index (χ4v) is 3.32. The predicted octanol–water partition coefficient (Wildman–Crippen LogP) is 5.72. The maximum absolute atomic E-state index is 5.35. The topological polar surface area (TPSA) is 53.6 Å². The highest BCUT2D eigenvalue weighted by atomic mass is 32.1. The molecule has 0 aromatic heterocycles. The number of hydrogen-bond donors (Lipinski definition) is 2. The normalized spacial score (nSPS) is 10.3. The molecule has 0 amide bonds. The van der Waals surface area contributed by atoms with Crippen molar-refractivity contribution in [1.82, 2.24) is 5.43 Å². The summed E-state index contributed by atoms with van der Waals surface area (Å²) in [4.78, 5) is 2.23. The molecule has 0 saturated heterocycles. The van der Waals surface area contributed by atoms with Crippen molar-refractivity contribution in [3.63, 3.8) is 0 Å². The van der Waals surface area contributed by atoms with Crippen molar-refractivity contribution in [3.05, 3.63) is 126 Å². The van der Waals surface area contributed by atoms with Crippen LogP contribution >= 0.6 is 12.2 Å². The Morgan fingerprint density at radius 2 is 1.15 bits per heavy atom. The molecule has 0 atom stereocenters. The molecule has 33 heavy (non-hydrogen) atoms. The van der Waals surface area contributed by atoms with Gasteiger partial charge in [0.2, 0.25) is 0 Å². The second kappa shape index (κ2) is 10.8. The molecule has 160 valence electrons. The smallest absolute Gasteiger partial charge is 0.184 e. The molecule has 4 nitrogen and oxygen atoms in total. The number of thiocarbonyl (C=S) groups is 1. The molecule has 0 bridgehead atoms. The van der Waals surface area contributed by atoms with Gasteiger partial charge >= 0.3 is 0 Å². The third-order valence-electron chi connectivity index (χ3n) is 4.80. The summed E-state index contributed by atoms with van der Waals surface area (Å²) in [5.41, 5.74) is 14.0. The second-order valence-electron chi connectivity index (χ2n) is 7.16. The molecule has 0 radical (unpaired) electrons. The van der Waals surface area contributed by atoms with Gasteiger partial charge in [0.25, 0.3) is 0 Å². The summed E-state index contributed by atoms with van der Waals surface area (Å²) < 4.78 is 0. The number of benzene rings is 4. The van der Waals surface area contributed by atoms with Gasteiger partial charge in [-0.1, -0.05) is 60.4 Å². The molecule has 0 saturated carbocycles. The SMILES string of the molecule is NC(=S)N/N=C/c1ccc(C#Cc2ccc(N(c3ccccc3)c3ccccc3)cc2)cc1. The van der Waals surface area contributed by atoms with E-state index >= 15 is 0 Å². The first-order chi connectivity index (χ1) is 16.2. The van der Waals surface area contributed by atoms with Crippen LogP contribution in [-0.2, 0) is 0 Å². The summed E-state index contributed by atoms with van der Waals surface area (Å²) >= 11 is 4.72. The van der Waals surface area contributed by atoms with Gasteiger partial charge < -0.3 is 10.6 Å². The summed E-state index contributed by atoms with van der Waals surface area (Å²) in [6.45, 7) is 0. The first kappa shape index (κ1) is 21.8. The summed E-state index contributed by atoms with van der Waals surface area (Å²) in [6, 6.07) is 36.7. The van der Waals surface area contributed by atoms with Crippen LogP contribution in [-0.4, -0.2) is 11.3 Å². The number of para-hydroxylation sites is 2. The van der Waals surface area contributed by atoms with E-state index in [2.05, 4.69) is 63.7 Å². The minimum atomic E-state index is 0.135. The molecule has 3 N–H and O–H groups in total. The number of nitrogens with zero attached hydrogens (tertiary/aromatic N) is 2. The molecule has 5 heteroatoms. The molecular formula is C28H22N4S. The van der Waals surface area contributed by atoms with Crippen LogP contribution in [0.4, 0.5) is 17.1 Å². The van der Waals surface area contributed by atoms with E-state index in [1.165, 1.54) is 0 Å². The van der Waals surface area contributed by atoms with Gasteiger partial charge in [-0.05, 0) is 78.4 Å². The molecular weight excluding hydrogens is 424 g/mol. The molecule has 0 spiro atoms. The van der Waals surface area contributed by atoms with Crippen LogP contribution in [0.15, 0.2) is 114 Å². The average molecular weight is 447 g/mol. The van der Waals surface area contributed by atoms with E-state index in [-0.39, 0.29) is 5.11 Å². The lowest BCUT2D eigenvalue weighted by Gasteiger charge is -2.25. The van der Waals surface area contributed by atoms with Crippen LogP contribution < -0.4 is 16.1 Å². The minimum absolute atomic E-state index is 0.135. The number of nitrogens with one attached hydrogen (secondary N) is 1. The Morgan fingerprint density at radius 3 is 1.64 bits per heavy atom. The molecule has 4 aromatic rings. The lowest BCUT2D eigenvalue weighted by molar-refractivity contribution is 1.04. The number of nitrogens with two attached hydrogens (primary N) is 1. The number of rotatable bonds is 5. The monoisotopic (exact) mass is 446 g/mol. The summed E-state index contributed by atoms with van der Waals surface area (Å²) in [5.74, 6) is 6.45. The van der Waals surface area contributed by atoms with E-state index in [4.69, 9.17) is 18.0 Å². The zero-order chi connectivity index (χ0) is 22.9. The summed E-state index contributed by atoms with van der Waals surface area (Å²) in [5, 5.41) is 4.08. The maximum Gasteiger partial charge on any atom is 0.184 e. The van der Waals surface area contributed by atoms with Crippen molar-refractivity contribution in [1.29, 1.82) is 0 Å². The van der Waals surface area contributed by atoms with Crippen LogP contribution in [0.25, 0.3) is 0 Å². The third-order valence-corrected chi connectivity index (χ3v) is 4.90. The Morgan fingerprint density at radius 1 is 0.697 bits per heavy atom. The van der Waals surface area contributed by atoms with Gasteiger partial charge in [0, 0.05) is 28.2 Å². The molecule has 0 aliphatic heterocycles. The first-order valence-corrected chi connectivity index (χ1v) is 10.8. The Hall–Kier alpha value is -4.40. The zero-order valence-corrected chi connectivity index (χ0v) is 18.7. The van der Waals surface area contributed by atoms with Crippen LogP contribution in [0, 0.1) is 11.8 Å².